The van der Waals surface area contributed by atoms with Gasteiger partial charge in [0.05, 0.1) is 5.41 Å². The molecular formula is C14H18O2. The predicted octanol–water partition coefficient (Wildman–Crippen LogP) is 3.22. The van der Waals surface area contributed by atoms with E-state index >= 15 is 0 Å². The van der Waals surface area contributed by atoms with Gasteiger partial charge in [-0.2, -0.15) is 0 Å². The number of carboxylic acid groups (broad SMARTS) is 1. The molecule has 1 aromatic rings. The Morgan fingerprint density at radius 3 is 2.56 bits per heavy atom. The van der Waals surface area contributed by atoms with Crippen LogP contribution >= 0.6 is 0 Å². The van der Waals surface area contributed by atoms with Gasteiger partial charge < -0.3 is 5.11 Å². The van der Waals surface area contributed by atoms with Crippen LogP contribution in [0.3, 0.4) is 0 Å². The molecule has 0 heterocycles. The summed E-state index contributed by atoms with van der Waals surface area (Å²) in [7, 11) is 0. The summed E-state index contributed by atoms with van der Waals surface area (Å²) in [4.78, 5) is 11.1. The van der Waals surface area contributed by atoms with E-state index in [0.29, 0.717) is 12.3 Å². The summed E-state index contributed by atoms with van der Waals surface area (Å²) >= 11 is 0. The average molecular weight is 218 g/mol. The summed E-state index contributed by atoms with van der Waals surface area (Å²) in [6.07, 6.45) is 3.13. The van der Waals surface area contributed by atoms with Gasteiger partial charge in [-0.15, -0.1) is 0 Å². The molecule has 2 rings (SSSR count). The number of aliphatic carboxylic acids is 1. The van der Waals surface area contributed by atoms with Crippen LogP contribution in [-0.4, -0.2) is 11.1 Å². The Kier molecular flexibility index (Phi) is 2.75. The van der Waals surface area contributed by atoms with Crippen LogP contribution in [0, 0.1) is 5.41 Å². The third kappa shape index (κ3) is 2.26. The monoisotopic (exact) mass is 218 g/mol. The lowest BCUT2D eigenvalue weighted by Gasteiger charge is -2.20. The molecule has 0 radical (unpaired) electrons. The van der Waals surface area contributed by atoms with Gasteiger partial charge in [-0.05, 0) is 50.2 Å². The Bertz CT molecular complexity index is 403. The van der Waals surface area contributed by atoms with Crippen LogP contribution in [0.4, 0.5) is 0 Å². The summed E-state index contributed by atoms with van der Waals surface area (Å²) in [6.45, 7) is 3.58. The fourth-order valence-electron chi connectivity index (χ4n) is 2.04. The predicted molar refractivity (Wildman–Crippen MR) is 63.5 cm³/mol. The van der Waals surface area contributed by atoms with E-state index in [2.05, 4.69) is 12.1 Å². The summed E-state index contributed by atoms with van der Waals surface area (Å²) in [5, 5.41) is 9.15. The Morgan fingerprint density at radius 2 is 2.00 bits per heavy atom. The number of carbonyl (C=O) groups is 1. The maximum Gasteiger partial charge on any atom is 0.309 e. The number of hydrogen-bond donors (Lipinski definition) is 1. The maximum atomic E-state index is 11.1. The molecular weight excluding hydrogens is 200 g/mol. The van der Waals surface area contributed by atoms with Gasteiger partial charge in [0.25, 0.3) is 0 Å². The first-order valence-corrected chi connectivity index (χ1v) is 5.82. The minimum atomic E-state index is -0.724. The van der Waals surface area contributed by atoms with Gasteiger partial charge in [-0.25, -0.2) is 0 Å². The van der Waals surface area contributed by atoms with Crippen LogP contribution in [0.15, 0.2) is 24.3 Å². The fourth-order valence-corrected chi connectivity index (χ4v) is 2.04. The number of rotatable bonds is 4. The zero-order valence-electron chi connectivity index (χ0n) is 9.86. The van der Waals surface area contributed by atoms with E-state index in [-0.39, 0.29) is 0 Å². The highest BCUT2D eigenvalue weighted by atomic mass is 16.4. The molecule has 2 heteroatoms. The molecule has 1 aliphatic carbocycles. The van der Waals surface area contributed by atoms with Crippen LogP contribution in [0.25, 0.3) is 0 Å². The summed E-state index contributed by atoms with van der Waals surface area (Å²) in [5.41, 5.74) is 1.89. The van der Waals surface area contributed by atoms with E-state index in [9.17, 15) is 4.79 Å². The van der Waals surface area contributed by atoms with Crippen LogP contribution < -0.4 is 0 Å². The lowest BCUT2D eigenvalue weighted by atomic mass is 9.83. The first kappa shape index (κ1) is 11.2. The second-order valence-electron chi connectivity index (χ2n) is 5.34. The van der Waals surface area contributed by atoms with E-state index in [1.165, 1.54) is 24.0 Å². The lowest BCUT2D eigenvalue weighted by Crippen LogP contribution is -2.26. The van der Waals surface area contributed by atoms with Crippen molar-refractivity contribution in [1.29, 1.82) is 0 Å². The first-order chi connectivity index (χ1) is 7.50. The fraction of sp³-hybridized carbons (Fsp3) is 0.500. The van der Waals surface area contributed by atoms with Crippen LogP contribution in [0.2, 0.25) is 0 Å². The molecule has 0 atom stereocenters. The molecule has 0 amide bonds. The van der Waals surface area contributed by atoms with Gasteiger partial charge in [0, 0.05) is 0 Å². The number of benzene rings is 1. The molecule has 0 aliphatic heterocycles. The molecule has 2 nitrogen and oxygen atoms in total. The molecule has 0 spiro atoms. The van der Waals surface area contributed by atoms with Gasteiger partial charge in [0.2, 0.25) is 0 Å². The van der Waals surface area contributed by atoms with Gasteiger partial charge in [0.1, 0.15) is 0 Å². The number of carboxylic acids is 1. The third-order valence-corrected chi connectivity index (χ3v) is 3.28. The largest absolute Gasteiger partial charge is 0.481 e. The molecule has 1 fully saturated rings. The lowest BCUT2D eigenvalue weighted by molar-refractivity contribution is -0.146. The van der Waals surface area contributed by atoms with Gasteiger partial charge in [0.15, 0.2) is 0 Å². The molecule has 0 unspecified atom stereocenters. The highest BCUT2D eigenvalue weighted by Gasteiger charge is 2.31. The van der Waals surface area contributed by atoms with Crippen molar-refractivity contribution in [1.82, 2.24) is 0 Å². The molecule has 16 heavy (non-hydrogen) atoms. The van der Waals surface area contributed by atoms with Crippen LogP contribution in [0.5, 0.6) is 0 Å². The average Bonchev–Trinajstić information content (AvgIpc) is 3.01. The highest BCUT2D eigenvalue weighted by molar-refractivity contribution is 5.74. The van der Waals surface area contributed by atoms with Crippen LogP contribution in [-0.2, 0) is 11.2 Å². The van der Waals surface area contributed by atoms with Crippen molar-refractivity contribution in [3.05, 3.63) is 35.4 Å². The molecule has 1 aliphatic rings. The smallest absolute Gasteiger partial charge is 0.309 e. The second kappa shape index (κ2) is 3.93. The van der Waals surface area contributed by atoms with Crippen molar-refractivity contribution >= 4 is 5.97 Å². The van der Waals surface area contributed by atoms with Crippen molar-refractivity contribution in [2.24, 2.45) is 5.41 Å². The van der Waals surface area contributed by atoms with E-state index in [1.54, 1.807) is 13.8 Å². The zero-order chi connectivity index (χ0) is 11.8. The normalized spacial score (nSPS) is 16.1. The molecule has 0 bridgehead atoms. The van der Waals surface area contributed by atoms with Gasteiger partial charge in [-0.1, -0.05) is 24.3 Å². The van der Waals surface area contributed by atoms with Gasteiger partial charge >= 0.3 is 5.97 Å². The Labute approximate surface area is 96.3 Å². The molecule has 1 N–H and O–H groups in total. The second-order valence-corrected chi connectivity index (χ2v) is 5.34. The maximum absolute atomic E-state index is 11.1. The Morgan fingerprint density at radius 1 is 1.38 bits per heavy atom. The molecule has 0 saturated heterocycles. The van der Waals surface area contributed by atoms with Crippen molar-refractivity contribution in [2.45, 2.75) is 39.0 Å². The Balaban J connectivity index is 2.23. The minimum absolute atomic E-state index is 0.620. The first-order valence-electron chi connectivity index (χ1n) is 5.82. The van der Waals surface area contributed by atoms with E-state index in [1.807, 2.05) is 12.1 Å². The quantitative estimate of drug-likeness (QED) is 0.842. The SMILES string of the molecule is CC(C)(Cc1ccccc1C1CC1)C(=O)O. The summed E-state index contributed by atoms with van der Waals surface area (Å²) in [5.74, 6) is -0.0427. The topological polar surface area (TPSA) is 37.3 Å². The molecule has 1 aromatic carbocycles. The summed E-state index contributed by atoms with van der Waals surface area (Å²) in [6, 6.07) is 8.26. The molecule has 1 saturated carbocycles. The van der Waals surface area contributed by atoms with Crippen molar-refractivity contribution < 1.29 is 9.90 Å². The van der Waals surface area contributed by atoms with Crippen LogP contribution in [0.1, 0.15) is 43.7 Å². The van der Waals surface area contributed by atoms with Crippen molar-refractivity contribution in [2.75, 3.05) is 0 Å². The van der Waals surface area contributed by atoms with E-state index in [0.717, 1.165) is 0 Å². The zero-order valence-corrected chi connectivity index (χ0v) is 9.86. The van der Waals surface area contributed by atoms with E-state index < -0.39 is 11.4 Å². The third-order valence-electron chi connectivity index (χ3n) is 3.28. The Hall–Kier alpha value is -1.31. The van der Waals surface area contributed by atoms with Crippen molar-refractivity contribution in [3.8, 4) is 0 Å². The summed E-state index contributed by atoms with van der Waals surface area (Å²) < 4.78 is 0. The van der Waals surface area contributed by atoms with Crippen molar-refractivity contribution in [3.63, 3.8) is 0 Å². The standard InChI is InChI=1S/C14H18O2/c1-14(2,13(15)16)9-11-5-3-4-6-12(11)10-7-8-10/h3-6,10H,7-9H2,1-2H3,(H,15,16). The highest BCUT2D eigenvalue weighted by Crippen LogP contribution is 2.42. The van der Waals surface area contributed by atoms with E-state index in [4.69, 9.17) is 5.11 Å². The minimum Gasteiger partial charge on any atom is -0.481 e. The molecule has 86 valence electrons. The number of hydrogen-bond acceptors (Lipinski definition) is 1. The van der Waals surface area contributed by atoms with Gasteiger partial charge in [-0.3, -0.25) is 4.79 Å². The molecule has 0 aromatic heterocycles.